The van der Waals surface area contributed by atoms with E-state index < -0.39 is 5.82 Å². The molecule has 5 rings (SSSR count). The van der Waals surface area contributed by atoms with E-state index in [2.05, 4.69) is 21.9 Å². The first kappa shape index (κ1) is 23.6. The van der Waals surface area contributed by atoms with Crippen molar-refractivity contribution < 1.29 is 18.7 Å². The number of carbonyl (C=O) groups is 1. The zero-order valence-electron chi connectivity index (χ0n) is 18.9. The number of carbonyl (C=O) groups excluding carboxylic acids is 1. The molecule has 3 aromatic rings. The maximum Gasteiger partial charge on any atom is 0.246 e. The van der Waals surface area contributed by atoms with Crippen LogP contribution in [0.15, 0.2) is 43.2 Å². The monoisotopic (exact) mass is 516 g/mol. The Labute approximate surface area is 211 Å². The molecule has 2 bridgehead atoms. The van der Waals surface area contributed by atoms with Gasteiger partial charge in [-0.3, -0.25) is 4.79 Å². The second kappa shape index (κ2) is 9.51. The first-order valence-electron chi connectivity index (χ1n) is 11.2. The SMILES string of the molecule is C=CC(=O)N1C2CC[C@H]1C[C@@H](Oc1cc3c(Nc4ccc(Cl)c(Cl)c4F)ncnc3cc1OC)C2. The van der Waals surface area contributed by atoms with Gasteiger partial charge in [-0.25, -0.2) is 14.4 Å². The average molecular weight is 517 g/mol. The van der Waals surface area contributed by atoms with E-state index in [0.717, 1.165) is 25.7 Å². The van der Waals surface area contributed by atoms with Gasteiger partial charge in [0, 0.05) is 36.4 Å². The lowest BCUT2D eigenvalue weighted by Gasteiger charge is -2.38. The molecule has 182 valence electrons. The van der Waals surface area contributed by atoms with Crippen molar-refractivity contribution in [3.63, 3.8) is 0 Å². The molecular weight excluding hydrogens is 494 g/mol. The van der Waals surface area contributed by atoms with Crippen LogP contribution in [0.1, 0.15) is 25.7 Å². The summed E-state index contributed by atoms with van der Waals surface area (Å²) in [4.78, 5) is 22.8. The third-order valence-corrected chi connectivity index (χ3v) is 7.40. The number of nitrogens with one attached hydrogen (secondary N) is 1. The highest BCUT2D eigenvalue weighted by molar-refractivity contribution is 6.42. The van der Waals surface area contributed by atoms with Gasteiger partial charge >= 0.3 is 0 Å². The normalized spacial score (nSPS) is 21.1. The number of rotatable bonds is 6. The highest BCUT2D eigenvalue weighted by atomic mass is 35.5. The largest absolute Gasteiger partial charge is 0.493 e. The van der Waals surface area contributed by atoms with Crippen molar-refractivity contribution in [2.45, 2.75) is 43.9 Å². The van der Waals surface area contributed by atoms with Crippen molar-refractivity contribution in [3.05, 3.63) is 59.1 Å². The Morgan fingerprint density at radius 1 is 1.20 bits per heavy atom. The predicted octanol–water partition coefficient (Wildman–Crippen LogP) is 5.91. The van der Waals surface area contributed by atoms with Crippen molar-refractivity contribution in [1.29, 1.82) is 0 Å². The zero-order valence-corrected chi connectivity index (χ0v) is 20.4. The first-order valence-corrected chi connectivity index (χ1v) is 12.0. The van der Waals surface area contributed by atoms with Gasteiger partial charge in [-0.1, -0.05) is 29.8 Å². The number of nitrogens with zero attached hydrogens (tertiary/aromatic N) is 3. The van der Waals surface area contributed by atoms with Crippen LogP contribution in [0.4, 0.5) is 15.9 Å². The van der Waals surface area contributed by atoms with Crippen molar-refractivity contribution in [2.75, 3.05) is 12.4 Å². The van der Waals surface area contributed by atoms with E-state index >= 15 is 0 Å². The maximum atomic E-state index is 14.6. The Bertz CT molecular complexity index is 1310. The Kier molecular flexibility index (Phi) is 6.42. The molecule has 7 nitrogen and oxygen atoms in total. The molecule has 0 radical (unpaired) electrons. The topological polar surface area (TPSA) is 76.6 Å². The molecule has 2 aromatic carbocycles. The van der Waals surface area contributed by atoms with Gasteiger partial charge in [0.05, 0.1) is 28.4 Å². The van der Waals surface area contributed by atoms with Gasteiger partial charge in [0.15, 0.2) is 17.3 Å². The highest BCUT2D eigenvalue weighted by Gasteiger charge is 2.43. The summed E-state index contributed by atoms with van der Waals surface area (Å²) < 4.78 is 26.6. The molecule has 1 N–H and O–H groups in total. The van der Waals surface area contributed by atoms with E-state index in [1.54, 1.807) is 19.2 Å². The first-order chi connectivity index (χ1) is 16.9. The number of methoxy groups -OCH3 is 1. The van der Waals surface area contributed by atoms with Crippen molar-refractivity contribution in [1.82, 2.24) is 14.9 Å². The molecule has 10 heteroatoms. The van der Waals surface area contributed by atoms with E-state index in [-0.39, 0.29) is 39.8 Å². The smallest absolute Gasteiger partial charge is 0.246 e. The Hall–Kier alpha value is -3.10. The molecule has 2 fully saturated rings. The van der Waals surface area contributed by atoms with Crippen molar-refractivity contribution in [2.24, 2.45) is 0 Å². The molecule has 1 unspecified atom stereocenters. The Morgan fingerprint density at radius 3 is 2.63 bits per heavy atom. The van der Waals surface area contributed by atoms with Crippen LogP contribution in [-0.2, 0) is 4.79 Å². The molecule has 1 aromatic heterocycles. The highest BCUT2D eigenvalue weighted by Crippen LogP contribution is 2.41. The summed E-state index contributed by atoms with van der Waals surface area (Å²) in [6, 6.07) is 6.81. The van der Waals surface area contributed by atoms with Crippen LogP contribution in [0.2, 0.25) is 10.0 Å². The fraction of sp³-hybridized carbons (Fsp3) is 0.320. The molecule has 3 atom stereocenters. The second-order valence-corrected chi connectivity index (χ2v) is 9.42. The zero-order chi connectivity index (χ0) is 24.7. The minimum absolute atomic E-state index is 0.0263. The number of hydrogen-bond donors (Lipinski definition) is 1. The molecular formula is C25H23Cl2FN4O3. The molecule has 2 aliphatic heterocycles. The fourth-order valence-electron chi connectivity index (χ4n) is 5.03. The number of benzene rings is 2. The summed E-state index contributed by atoms with van der Waals surface area (Å²) in [5.41, 5.74) is 0.729. The van der Waals surface area contributed by atoms with Crippen LogP contribution in [0.5, 0.6) is 11.5 Å². The lowest BCUT2D eigenvalue weighted by molar-refractivity contribution is -0.131. The van der Waals surface area contributed by atoms with Crippen LogP contribution < -0.4 is 14.8 Å². The summed E-state index contributed by atoms with van der Waals surface area (Å²) in [5, 5.41) is 3.56. The van der Waals surface area contributed by atoms with Gasteiger partial charge in [-0.15, -0.1) is 0 Å². The Balaban J connectivity index is 1.45. The molecule has 2 saturated heterocycles. The summed E-state index contributed by atoms with van der Waals surface area (Å²) in [7, 11) is 1.56. The fourth-order valence-corrected chi connectivity index (χ4v) is 5.34. The van der Waals surface area contributed by atoms with Crippen LogP contribution in [0, 0.1) is 5.82 Å². The molecule has 1 amide bonds. The van der Waals surface area contributed by atoms with Gasteiger partial charge in [0.25, 0.3) is 0 Å². The van der Waals surface area contributed by atoms with Crippen molar-refractivity contribution >= 4 is 51.5 Å². The summed E-state index contributed by atoms with van der Waals surface area (Å²) in [5.74, 6) is 0.736. The van der Waals surface area contributed by atoms with Crippen molar-refractivity contribution in [3.8, 4) is 11.5 Å². The van der Waals surface area contributed by atoms with E-state index in [1.807, 2.05) is 4.90 Å². The number of aromatic nitrogens is 2. The second-order valence-electron chi connectivity index (χ2n) is 8.64. The third-order valence-electron chi connectivity index (χ3n) is 6.62. The van der Waals surface area contributed by atoms with E-state index in [4.69, 9.17) is 32.7 Å². The predicted molar refractivity (Wildman–Crippen MR) is 133 cm³/mol. The third kappa shape index (κ3) is 4.36. The lowest BCUT2D eigenvalue weighted by Crippen LogP contribution is -2.48. The van der Waals surface area contributed by atoms with Crippen LogP contribution >= 0.6 is 23.2 Å². The van der Waals surface area contributed by atoms with Crippen LogP contribution in [0.25, 0.3) is 10.9 Å². The molecule has 0 aliphatic carbocycles. The summed E-state index contributed by atoms with van der Waals surface area (Å²) in [6.07, 6.45) is 6.03. The van der Waals surface area contributed by atoms with E-state index in [0.29, 0.717) is 28.2 Å². The number of piperidine rings is 1. The van der Waals surface area contributed by atoms with Gasteiger partial charge in [-0.2, -0.15) is 0 Å². The molecule has 0 spiro atoms. The number of hydrogen-bond acceptors (Lipinski definition) is 6. The van der Waals surface area contributed by atoms with Gasteiger partial charge in [-0.05, 0) is 37.1 Å². The van der Waals surface area contributed by atoms with Gasteiger partial charge in [0.2, 0.25) is 5.91 Å². The molecule has 0 saturated carbocycles. The van der Waals surface area contributed by atoms with Crippen LogP contribution in [-0.4, -0.2) is 46.1 Å². The molecule has 3 heterocycles. The minimum Gasteiger partial charge on any atom is -0.493 e. The number of halogens is 3. The molecule has 35 heavy (non-hydrogen) atoms. The van der Waals surface area contributed by atoms with Gasteiger partial charge < -0.3 is 19.7 Å². The number of anilines is 2. The number of fused-ring (bicyclic) bond motifs is 3. The maximum absolute atomic E-state index is 14.6. The standard InChI is InChI=1S/C25H23Cl2FN4O3/c1-3-22(33)32-13-4-5-14(32)9-15(8-13)35-21-10-16-19(11-20(21)34-2)29-12-30-25(16)31-18-7-6-17(26)23(27)24(18)28/h3,6-7,10-15H,1,4-5,8-9H2,2H3,(H,29,30,31)/t13-,14?,15+/m0/s1. The number of ether oxygens (including phenoxy) is 2. The van der Waals surface area contributed by atoms with Gasteiger partial charge in [0.1, 0.15) is 18.2 Å². The summed E-state index contributed by atoms with van der Waals surface area (Å²) in [6.45, 7) is 3.63. The van der Waals surface area contributed by atoms with E-state index in [1.165, 1.54) is 24.5 Å². The Morgan fingerprint density at radius 2 is 1.94 bits per heavy atom. The lowest BCUT2D eigenvalue weighted by atomic mass is 9.99. The van der Waals surface area contributed by atoms with E-state index in [9.17, 15) is 9.18 Å². The average Bonchev–Trinajstić information content (AvgIpc) is 3.13. The number of amides is 1. The molecule has 2 aliphatic rings. The minimum atomic E-state index is -0.674. The quantitative estimate of drug-likeness (QED) is 0.324. The summed E-state index contributed by atoms with van der Waals surface area (Å²) >= 11 is 11.9. The van der Waals surface area contributed by atoms with Crippen LogP contribution in [0.3, 0.4) is 0 Å².